The molecule has 0 aliphatic heterocycles. The van der Waals surface area contributed by atoms with Crippen LogP contribution in [0, 0.1) is 12.7 Å². The van der Waals surface area contributed by atoms with Crippen LogP contribution in [0.15, 0.2) is 30.5 Å². The Bertz CT molecular complexity index is 680. The number of benzene rings is 1. The van der Waals surface area contributed by atoms with Crippen LogP contribution in [0.1, 0.15) is 28.9 Å². The lowest BCUT2D eigenvalue weighted by Gasteiger charge is -2.03. The Morgan fingerprint density at radius 2 is 2.00 bits per heavy atom. The second kappa shape index (κ2) is 6.84. The van der Waals surface area contributed by atoms with Gasteiger partial charge in [-0.2, -0.15) is 5.10 Å². The average molecular weight is 305 g/mol. The number of carbonyl (C=O) groups is 2. The van der Waals surface area contributed by atoms with Gasteiger partial charge >= 0.3 is 5.97 Å². The summed E-state index contributed by atoms with van der Waals surface area (Å²) in [4.78, 5) is 22.4. The molecule has 6 nitrogen and oxygen atoms in total. The average Bonchev–Trinajstić information content (AvgIpc) is 2.86. The van der Waals surface area contributed by atoms with Gasteiger partial charge in [0.05, 0.1) is 5.69 Å². The highest BCUT2D eigenvalue weighted by Gasteiger charge is 2.14. The largest absolute Gasteiger partial charge is 0.481 e. The Hall–Kier alpha value is -2.70. The van der Waals surface area contributed by atoms with Crippen LogP contribution in [0.2, 0.25) is 0 Å². The summed E-state index contributed by atoms with van der Waals surface area (Å²) in [6.07, 6.45) is 2.04. The molecule has 1 heterocycles. The highest BCUT2D eigenvalue weighted by Crippen LogP contribution is 2.12. The third-order valence-corrected chi connectivity index (χ3v) is 3.06. The van der Waals surface area contributed by atoms with Crippen molar-refractivity contribution >= 4 is 11.9 Å². The van der Waals surface area contributed by atoms with Gasteiger partial charge in [-0.3, -0.25) is 9.59 Å². The minimum atomic E-state index is -0.897. The number of rotatable bonds is 6. The zero-order valence-corrected chi connectivity index (χ0v) is 12.0. The summed E-state index contributed by atoms with van der Waals surface area (Å²) < 4.78 is 14.4. The van der Waals surface area contributed by atoms with Crippen molar-refractivity contribution in [2.75, 3.05) is 6.54 Å². The Morgan fingerprint density at radius 1 is 1.32 bits per heavy atom. The predicted octanol–water partition coefficient (Wildman–Crippen LogP) is 1.91. The molecule has 2 N–H and O–H groups in total. The number of hydrogen-bond acceptors (Lipinski definition) is 3. The van der Waals surface area contributed by atoms with Crippen LogP contribution in [0.4, 0.5) is 4.39 Å². The maximum absolute atomic E-state index is 12.9. The molecule has 0 bridgehead atoms. The van der Waals surface area contributed by atoms with E-state index in [4.69, 9.17) is 5.11 Å². The number of nitrogens with one attached hydrogen (secondary N) is 1. The molecule has 1 aromatic heterocycles. The van der Waals surface area contributed by atoms with Crippen molar-refractivity contribution in [3.05, 3.63) is 47.5 Å². The van der Waals surface area contributed by atoms with Gasteiger partial charge in [-0.05, 0) is 37.6 Å². The lowest BCUT2D eigenvalue weighted by molar-refractivity contribution is -0.137. The summed E-state index contributed by atoms with van der Waals surface area (Å²) in [6.45, 7) is 2.02. The third kappa shape index (κ3) is 3.91. The van der Waals surface area contributed by atoms with Crippen molar-refractivity contribution in [2.24, 2.45) is 0 Å². The fourth-order valence-electron chi connectivity index (χ4n) is 1.94. The van der Waals surface area contributed by atoms with Crippen molar-refractivity contribution < 1.29 is 19.1 Å². The summed E-state index contributed by atoms with van der Waals surface area (Å²) in [5.74, 6) is -1.60. The number of nitrogens with zero attached hydrogens (tertiary/aromatic N) is 2. The minimum absolute atomic E-state index is 0.00326. The Labute approximate surface area is 126 Å². The molecule has 0 radical (unpaired) electrons. The van der Waals surface area contributed by atoms with Crippen molar-refractivity contribution in [1.82, 2.24) is 15.1 Å². The van der Waals surface area contributed by atoms with E-state index in [1.807, 2.05) is 0 Å². The molecule has 0 atom stereocenters. The van der Waals surface area contributed by atoms with Gasteiger partial charge in [0.25, 0.3) is 5.91 Å². The number of hydrogen-bond donors (Lipinski definition) is 2. The first-order valence-electron chi connectivity index (χ1n) is 6.79. The normalized spacial score (nSPS) is 10.5. The van der Waals surface area contributed by atoms with Crippen LogP contribution in [0.25, 0.3) is 5.69 Å². The van der Waals surface area contributed by atoms with Crippen LogP contribution in [0.3, 0.4) is 0 Å². The molecule has 7 heteroatoms. The quantitative estimate of drug-likeness (QED) is 0.799. The molecule has 0 saturated heterocycles. The van der Waals surface area contributed by atoms with E-state index in [9.17, 15) is 14.0 Å². The number of carboxylic acid groups (broad SMARTS) is 1. The summed E-state index contributed by atoms with van der Waals surface area (Å²) in [7, 11) is 0. The molecule has 0 unspecified atom stereocenters. The van der Waals surface area contributed by atoms with Crippen LogP contribution in [-0.2, 0) is 4.79 Å². The highest BCUT2D eigenvalue weighted by molar-refractivity contribution is 5.93. The molecule has 0 fully saturated rings. The second-order valence-electron chi connectivity index (χ2n) is 4.83. The number of carbonyl (C=O) groups excluding carboxylic acids is 1. The SMILES string of the molecule is Cc1cn(-c2ccc(F)cc2)nc1C(=O)NCCCC(=O)O. The van der Waals surface area contributed by atoms with E-state index in [2.05, 4.69) is 10.4 Å². The van der Waals surface area contributed by atoms with E-state index in [0.29, 0.717) is 17.7 Å². The van der Waals surface area contributed by atoms with Gasteiger partial charge in [-0.15, -0.1) is 0 Å². The topological polar surface area (TPSA) is 84.2 Å². The minimum Gasteiger partial charge on any atom is -0.481 e. The Morgan fingerprint density at radius 3 is 2.64 bits per heavy atom. The fraction of sp³-hybridized carbons (Fsp3) is 0.267. The molecule has 0 saturated carbocycles. The van der Waals surface area contributed by atoms with Gasteiger partial charge in [0.1, 0.15) is 5.82 Å². The summed E-state index contributed by atoms with van der Waals surface area (Å²) in [5.41, 5.74) is 1.59. The molecule has 22 heavy (non-hydrogen) atoms. The molecule has 0 aliphatic carbocycles. The summed E-state index contributed by atoms with van der Waals surface area (Å²) >= 11 is 0. The molecule has 2 aromatic rings. The maximum Gasteiger partial charge on any atom is 0.303 e. The molecular formula is C15H16FN3O3. The lowest BCUT2D eigenvalue weighted by Crippen LogP contribution is -2.26. The first-order valence-corrected chi connectivity index (χ1v) is 6.79. The summed E-state index contributed by atoms with van der Waals surface area (Å²) in [6, 6.07) is 5.77. The van der Waals surface area contributed by atoms with Gasteiger partial charge in [0.15, 0.2) is 5.69 Å². The third-order valence-electron chi connectivity index (χ3n) is 3.06. The van der Waals surface area contributed by atoms with Gasteiger partial charge < -0.3 is 10.4 Å². The van der Waals surface area contributed by atoms with E-state index < -0.39 is 5.97 Å². The molecule has 0 spiro atoms. The van der Waals surface area contributed by atoms with E-state index in [0.717, 1.165) is 0 Å². The van der Waals surface area contributed by atoms with Crippen LogP contribution in [0.5, 0.6) is 0 Å². The van der Waals surface area contributed by atoms with Gasteiger partial charge in [-0.1, -0.05) is 0 Å². The predicted molar refractivity (Wildman–Crippen MR) is 77.5 cm³/mol. The molecule has 0 aliphatic rings. The summed E-state index contributed by atoms with van der Waals surface area (Å²) in [5, 5.41) is 15.4. The monoisotopic (exact) mass is 305 g/mol. The first-order chi connectivity index (χ1) is 10.5. The molecular weight excluding hydrogens is 289 g/mol. The number of amides is 1. The highest BCUT2D eigenvalue weighted by atomic mass is 19.1. The standard InChI is InChI=1S/C15H16FN3O3/c1-10-9-19(12-6-4-11(16)5-7-12)18-14(10)15(22)17-8-2-3-13(20)21/h4-7,9H,2-3,8H2,1H3,(H,17,22)(H,20,21). The second-order valence-corrected chi connectivity index (χ2v) is 4.83. The molecule has 2 rings (SSSR count). The zero-order valence-electron chi connectivity index (χ0n) is 12.0. The molecule has 1 amide bonds. The van der Waals surface area contributed by atoms with Crippen LogP contribution >= 0.6 is 0 Å². The van der Waals surface area contributed by atoms with E-state index >= 15 is 0 Å². The van der Waals surface area contributed by atoms with Crippen molar-refractivity contribution in [2.45, 2.75) is 19.8 Å². The number of aromatic nitrogens is 2. The fourth-order valence-corrected chi connectivity index (χ4v) is 1.94. The number of carboxylic acids is 1. The van der Waals surface area contributed by atoms with Crippen molar-refractivity contribution in [1.29, 1.82) is 0 Å². The first kappa shape index (κ1) is 15.7. The molecule has 116 valence electrons. The Balaban J connectivity index is 2.04. The van der Waals surface area contributed by atoms with Gasteiger partial charge in [0, 0.05) is 24.7 Å². The maximum atomic E-state index is 12.9. The van der Waals surface area contributed by atoms with Gasteiger partial charge in [-0.25, -0.2) is 9.07 Å². The molecule has 1 aromatic carbocycles. The van der Waals surface area contributed by atoms with Crippen molar-refractivity contribution in [3.8, 4) is 5.69 Å². The smallest absolute Gasteiger partial charge is 0.303 e. The van der Waals surface area contributed by atoms with E-state index in [-0.39, 0.29) is 30.4 Å². The van der Waals surface area contributed by atoms with E-state index in [1.54, 1.807) is 25.3 Å². The number of aliphatic carboxylic acids is 1. The zero-order chi connectivity index (χ0) is 16.1. The van der Waals surface area contributed by atoms with Crippen molar-refractivity contribution in [3.63, 3.8) is 0 Å². The van der Waals surface area contributed by atoms with Crippen LogP contribution in [-0.4, -0.2) is 33.3 Å². The number of aryl methyl sites for hydroxylation is 1. The lowest BCUT2D eigenvalue weighted by atomic mass is 10.2. The van der Waals surface area contributed by atoms with E-state index in [1.165, 1.54) is 16.8 Å². The van der Waals surface area contributed by atoms with Crippen LogP contribution < -0.4 is 5.32 Å². The Kier molecular flexibility index (Phi) is 4.88. The number of halogens is 1. The van der Waals surface area contributed by atoms with Gasteiger partial charge in [0.2, 0.25) is 0 Å².